The quantitative estimate of drug-likeness (QED) is 0.488. The lowest BCUT2D eigenvalue weighted by atomic mass is 10.0. The number of aliphatic hydroxyl groups excluding tert-OH is 1. The molecule has 1 aliphatic heterocycles. The Balaban J connectivity index is 1.53. The number of hydrogen-bond acceptors (Lipinski definition) is 4. The van der Waals surface area contributed by atoms with Gasteiger partial charge in [-0.2, -0.15) is 0 Å². The third kappa shape index (κ3) is 4.84. The van der Waals surface area contributed by atoms with Crippen molar-refractivity contribution in [3.63, 3.8) is 0 Å². The number of carbonyl (C=O) groups excluding carboxylic acids is 2. The molecule has 0 saturated heterocycles. The first-order valence-electron chi connectivity index (χ1n) is 10.6. The van der Waals surface area contributed by atoms with Gasteiger partial charge in [-0.1, -0.05) is 18.2 Å². The van der Waals surface area contributed by atoms with Gasteiger partial charge < -0.3 is 20.5 Å². The van der Waals surface area contributed by atoms with Crippen LogP contribution < -0.4 is 20.3 Å². The van der Waals surface area contributed by atoms with E-state index in [0.29, 0.717) is 22.7 Å². The van der Waals surface area contributed by atoms with Gasteiger partial charge in [0.15, 0.2) is 0 Å². The van der Waals surface area contributed by atoms with Gasteiger partial charge in [0, 0.05) is 23.9 Å². The number of fused-ring (bicyclic) bond motifs is 1. The van der Waals surface area contributed by atoms with Gasteiger partial charge in [0.1, 0.15) is 24.0 Å². The maximum atomic E-state index is 13.9. The number of ether oxygens (including phenoxy) is 1. The Labute approximate surface area is 195 Å². The number of rotatable bonds is 7. The van der Waals surface area contributed by atoms with Crippen molar-refractivity contribution in [1.82, 2.24) is 5.32 Å². The summed E-state index contributed by atoms with van der Waals surface area (Å²) in [5, 5.41) is 14.2. The van der Waals surface area contributed by atoms with Gasteiger partial charge in [0.05, 0.1) is 24.4 Å². The lowest BCUT2D eigenvalue weighted by molar-refractivity contribution is 0.0944. The first kappa shape index (κ1) is 23.2. The van der Waals surface area contributed by atoms with Crippen LogP contribution in [0.1, 0.15) is 27.0 Å². The minimum atomic E-state index is -0.691. The van der Waals surface area contributed by atoms with E-state index in [4.69, 9.17) is 9.84 Å². The van der Waals surface area contributed by atoms with Crippen LogP contribution in [0.5, 0.6) is 5.75 Å². The average Bonchev–Trinajstić information content (AvgIpc) is 2.82. The third-order valence-electron chi connectivity index (χ3n) is 5.50. The second-order valence-electron chi connectivity index (χ2n) is 7.80. The van der Waals surface area contributed by atoms with E-state index in [-0.39, 0.29) is 43.8 Å². The van der Waals surface area contributed by atoms with Crippen LogP contribution in [0.2, 0.25) is 0 Å². The molecule has 0 unspecified atom stereocenters. The molecule has 1 aliphatic rings. The Morgan fingerprint density at radius 1 is 1.15 bits per heavy atom. The highest BCUT2D eigenvalue weighted by Gasteiger charge is 2.26. The normalized spacial score (nSPS) is 12.7. The molecule has 0 fully saturated rings. The molecule has 0 atom stereocenters. The standard InChI is InChI=1S/C25H23F2N3O4/c1-15-5-8-18(34-14-19-20(26)3-2-4-21(19)27)12-23(15)30-13-17-7-6-16(24(32)28-9-10-31)11-22(17)29-25(30)33/h2-8,11-12,31H,9-10,13-14H2,1H3,(H,28,32)(H,29,33). The van der Waals surface area contributed by atoms with Gasteiger partial charge in [0.2, 0.25) is 0 Å². The smallest absolute Gasteiger partial charge is 0.326 e. The summed E-state index contributed by atoms with van der Waals surface area (Å²) in [4.78, 5) is 26.6. The number of nitrogens with one attached hydrogen (secondary N) is 2. The summed E-state index contributed by atoms with van der Waals surface area (Å²) < 4.78 is 33.4. The summed E-state index contributed by atoms with van der Waals surface area (Å²) >= 11 is 0. The van der Waals surface area contributed by atoms with Crippen molar-refractivity contribution < 1.29 is 28.2 Å². The van der Waals surface area contributed by atoms with Crippen molar-refractivity contribution in [3.8, 4) is 5.75 Å². The lowest BCUT2D eigenvalue weighted by Gasteiger charge is -2.31. The Morgan fingerprint density at radius 3 is 2.65 bits per heavy atom. The number of hydrogen-bond donors (Lipinski definition) is 3. The van der Waals surface area contributed by atoms with Crippen LogP contribution in [-0.2, 0) is 13.2 Å². The number of urea groups is 1. The molecule has 0 bridgehead atoms. The Hall–Kier alpha value is -3.98. The second-order valence-corrected chi connectivity index (χ2v) is 7.80. The van der Waals surface area contributed by atoms with E-state index in [1.54, 1.807) is 36.4 Å². The number of aryl methyl sites for hydroxylation is 1. The molecule has 3 aromatic carbocycles. The largest absolute Gasteiger partial charge is 0.489 e. The van der Waals surface area contributed by atoms with Crippen molar-refractivity contribution in [1.29, 1.82) is 0 Å². The van der Waals surface area contributed by atoms with Crippen LogP contribution in [0, 0.1) is 18.6 Å². The van der Waals surface area contributed by atoms with E-state index in [2.05, 4.69) is 10.6 Å². The van der Waals surface area contributed by atoms with Gasteiger partial charge >= 0.3 is 6.03 Å². The zero-order valence-corrected chi connectivity index (χ0v) is 18.4. The fourth-order valence-electron chi connectivity index (χ4n) is 3.66. The van der Waals surface area contributed by atoms with Gasteiger partial charge in [-0.15, -0.1) is 0 Å². The summed E-state index contributed by atoms with van der Waals surface area (Å²) in [6.45, 7) is 1.77. The molecule has 3 amide bonds. The van der Waals surface area contributed by atoms with Gasteiger partial charge in [-0.05, 0) is 48.4 Å². The number of aliphatic hydroxyl groups is 1. The van der Waals surface area contributed by atoms with Crippen molar-refractivity contribution >= 4 is 23.3 Å². The van der Waals surface area contributed by atoms with Gasteiger partial charge in [-0.25, -0.2) is 13.6 Å². The Morgan fingerprint density at radius 2 is 1.91 bits per heavy atom. The molecule has 0 radical (unpaired) electrons. The molecule has 0 aromatic heterocycles. The molecule has 0 spiro atoms. The topological polar surface area (TPSA) is 90.9 Å². The molecule has 4 rings (SSSR count). The van der Waals surface area contributed by atoms with E-state index >= 15 is 0 Å². The minimum absolute atomic E-state index is 0.136. The molecule has 1 heterocycles. The third-order valence-corrected chi connectivity index (χ3v) is 5.50. The fourth-order valence-corrected chi connectivity index (χ4v) is 3.66. The highest BCUT2D eigenvalue weighted by Crippen LogP contribution is 2.33. The van der Waals surface area contributed by atoms with Crippen molar-refractivity contribution in [2.75, 3.05) is 23.4 Å². The molecule has 176 valence electrons. The summed E-state index contributed by atoms with van der Waals surface area (Å²) in [6.07, 6.45) is 0. The van der Waals surface area contributed by atoms with Crippen LogP contribution in [-0.4, -0.2) is 30.2 Å². The van der Waals surface area contributed by atoms with Crippen molar-refractivity contribution in [3.05, 3.63) is 88.5 Å². The molecule has 7 nitrogen and oxygen atoms in total. The summed E-state index contributed by atoms with van der Waals surface area (Å²) in [6, 6.07) is 13.3. The molecule has 0 aliphatic carbocycles. The minimum Gasteiger partial charge on any atom is -0.489 e. The number of halogens is 2. The van der Waals surface area contributed by atoms with Crippen LogP contribution in [0.15, 0.2) is 54.6 Å². The lowest BCUT2D eigenvalue weighted by Crippen LogP contribution is -2.39. The predicted octanol–water partition coefficient (Wildman–Crippen LogP) is 4.13. The molecule has 0 saturated carbocycles. The summed E-state index contributed by atoms with van der Waals surface area (Å²) in [5.41, 5.74) is 2.92. The second kappa shape index (κ2) is 9.88. The van der Waals surface area contributed by atoms with Gasteiger partial charge in [-0.3, -0.25) is 9.69 Å². The monoisotopic (exact) mass is 467 g/mol. The first-order chi connectivity index (χ1) is 16.4. The molecule has 3 N–H and O–H groups in total. The number of nitrogens with zero attached hydrogens (tertiary/aromatic N) is 1. The first-order valence-corrected chi connectivity index (χ1v) is 10.6. The molecular weight excluding hydrogens is 444 g/mol. The Kier molecular flexibility index (Phi) is 6.74. The van der Waals surface area contributed by atoms with E-state index in [1.165, 1.54) is 23.1 Å². The number of carbonyl (C=O) groups is 2. The summed E-state index contributed by atoms with van der Waals surface area (Å²) in [5.74, 6) is -1.37. The maximum Gasteiger partial charge on any atom is 0.326 e. The highest BCUT2D eigenvalue weighted by molar-refractivity contribution is 6.06. The van der Waals surface area contributed by atoms with Crippen LogP contribution >= 0.6 is 0 Å². The molecule has 3 aromatic rings. The predicted molar refractivity (Wildman–Crippen MR) is 123 cm³/mol. The van der Waals surface area contributed by atoms with E-state index in [1.807, 2.05) is 6.92 Å². The van der Waals surface area contributed by atoms with Crippen LogP contribution in [0.3, 0.4) is 0 Å². The summed E-state index contributed by atoms with van der Waals surface area (Å²) in [7, 11) is 0. The molecular formula is C25H23F2N3O4. The molecule has 9 heteroatoms. The van der Waals surface area contributed by atoms with E-state index < -0.39 is 11.6 Å². The number of amides is 3. The van der Waals surface area contributed by atoms with Gasteiger partial charge in [0.25, 0.3) is 5.91 Å². The van der Waals surface area contributed by atoms with E-state index in [9.17, 15) is 18.4 Å². The van der Waals surface area contributed by atoms with Crippen LogP contribution in [0.4, 0.5) is 25.0 Å². The van der Waals surface area contributed by atoms with E-state index in [0.717, 1.165) is 11.1 Å². The van der Waals surface area contributed by atoms with Crippen molar-refractivity contribution in [2.24, 2.45) is 0 Å². The number of anilines is 2. The molecule has 34 heavy (non-hydrogen) atoms. The SMILES string of the molecule is Cc1ccc(OCc2c(F)cccc2F)cc1N1Cc2ccc(C(=O)NCCO)cc2NC1=O. The zero-order chi connectivity index (χ0) is 24.2. The zero-order valence-electron chi connectivity index (χ0n) is 18.4. The van der Waals surface area contributed by atoms with Crippen LogP contribution in [0.25, 0.3) is 0 Å². The van der Waals surface area contributed by atoms with Crippen molar-refractivity contribution in [2.45, 2.75) is 20.1 Å². The maximum absolute atomic E-state index is 13.9. The number of benzene rings is 3. The highest BCUT2D eigenvalue weighted by atomic mass is 19.1. The Bertz CT molecular complexity index is 1230. The average molecular weight is 467 g/mol. The fraction of sp³-hybridized carbons (Fsp3) is 0.200.